The Morgan fingerprint density at radius 2 is 1.07 bits per heavy atom. The number of benzene rings is 2. The van der Waals surface area contributed by atoms with Gasteiger partial charge in [0.2, 0.25) is 0 Å². The summed E-state index contributed by atoms with van der Waals surface area (Å²) >= 11 is 0. The molecule has 0 heterocycles. The molecule has 219 valence electrons. The summed E-state index contributed by atoms with van der Waals surface area (Å²) in [6, 6.07) is 4.89. The maximum Gasteiger partial charge on any atom is 0.270 e. The molecule has 0 saturated heterocycles. The van der Waals surface area contributed by atoms with E-state index < -0.39 is 20.7 Å². The third-order valence-corrected chi connectivity index (χ3v) is 6.79. The van der Waals surface area contributed by atoms with Gasteiger partial charge in [0.15, 0.2) is 0 Å². The van der Waals surface area contributed by atoms with Gasteiger partial charge in [0, 0.05) is 76.0 Å². The number of rotatable bonds is 6. The fourth-order valence-electron chi connectivity index (χ4n) is 4.62. The molecule has 2 aromatic rings. The standard InChI is InChI=1S/C28H36N4O6.ClH.Mn/c1-27(2,3)21-13-19(31(35)36)11-17(25(21)33)15-29-23-9-7-8-10-24(23)30-16-18-12-20(32(37)38)14-22(26(18)34)28(4,5)6;;/h11-16,23-24,33-34H,7-10H2,1-6H3;1H;/p-1. The topological polar surface area (TPSA) is 151 Å². The first kappa shape index (κ1) is 35.0. The molecule has 0 aliphatic heterocycles. The number of hydrogen-bond donors (Lipinski definition) is 2. The first-order chi connectivity index (χ1) is 17.6. The van der Waals surface area contributed by atoms with Crippen LogP contribution in [0.15, 0.2) is 34.3 Å². The maximum atomic E-state index is 11.5. The zero-order valence-corrected chi connectivity index (χ0v) is 25.5. The number of phenols is 2. The second-order valence-electron chi connectivity index (χ2n) is 11.9. The predicted octanol–water partition coefficient (Wildman–Crippen LogP) is 3.36. The van der Waals surface area contributed by atoms with Crippen LogP contribution in [-0.4, -0.2) is 44.6 Å². The Morgan fingerprint density at radius 3 is 1.35 bits per heavy atom. The van der Waals surface area contributed by atoms with E-state index in [1.54, 1.807) is 0 Å². The van der Waals surface area contributed by atoms with Crippen LogP contribution in [0.3, 0.4) is 0 Å². The number of halogens is 1. The third-order valence-electron chi connectivity index (χ3n) is 6.79. The van der Waals surface area contributed by atoms with Crippen LogP contribution in [0.25, 0.3) is 0 Å². The Balaban J connectivity index is 0.00000400. The van der Waals surface area contributed by atoms with Crippen LogP contribution >= 0.6 is 0 Å². The number of aliphatic imine (C=N–C) groups is 2. The molecule has 0 spiro atoms. The molecule has 2 aromatic carbocycles. The summed E-state index contributed by atoms with van der Waals surface area (Å²) in [5.74, 6) is -0.0853. The summed E-state index contributed by atoms with van der Waals surface area (Å²) in [5, 5.41) is 44.7. The van der Waals surface area contributed by atoms with Gasteiger partial charge >= 0.3 is 0 Å². The van der Waals surface area contributed by atoms with Gasteiger partial charge in [-0.05, 0) is 23.7 Å². The monoisotopic (exact) mass is 614 g/mol. The van der Waals surface area contributed by atoms with Crippen molar-refractivity contribution in [1.29, 1.82) is 0 Å². The molecule has 1 fully saturated rings. The van der Waals surface area contributed by atoms with Crippen LogP contribution in [0.2, 0.25) is 0 Å². The van der Waals surface area contributed by atoms with Crippen molar-refractivity contribution in [1.82, 2.24) is 0 Å². The summed E-state index contributed by atoms with van der Waals surface area (Å²) in [4.78, 5) is 31.3. The Morgan fingerprint density at radius 1 is 0.750 bits per heavy atom. The SMILES string of the molecule is CC(C)(C)c1cc([N+](=O)[O-])cc(C=NC2CCCCC2N=Cc2cc([N+](=O)[O-])cc(C(C)(C)C)c2O)c1O.[Cl-].[Mn]. The smallest absolute Gasteiger partial charge is 0.270 e. The first-order valence-corrected chi connectivity index (χ1v) is 12.7. The van der Waals surface area contributed by atoms with Crippen molar-refractivity contribution in [3.05, 3.63) is 66.7 Å². The molecule has 3 rings (SSSR count). The molecule has 0 aromatic heterocycles. The summed E-state index contributed by atoms with van der Waals surface area (Å²) in [5.41, 5.74) is 0.188. The van der Waals surface area contributed by atoms with Crippen molar-refractivity contribution in [3.63, 3.8) is 0 Å². The Hall–Kier alpha value is -3.01. The van der Waals surface area contributed by atoms with Crippen LogP contribution in [0.5, 0.6) is 11.5 Å². The van der Waals surface area contributed by atoms with E-state index in [2.05, 4.69) is 9.98 Å². The van der Waals surface area contributed by atoms with E-state index in [4.69, 9.17) is 0 Å². The quantitative estimate of drug-likeness (QED) is 0.220. The third kappa shape index (κ3) is 8.25. The molecule has 1 saturated carbocycles. The minimum Gasteiger partial charge on any atom is -1.00 e. The summed E-state index contributed by atoms with van der Waals surface area (Å²) in [6.07, 6.45) is 6.26. The minimum absolute atomic E-state index is 0. The van der Waals surface area contributed by atoms with E-state index in [1.807, 2.05) is 41.5 Å². The Kier molecular flexibility index (Phi) is 11.9. The van der Waals surface area contributed by atoms with Crippen LogP contribution in [0.4, 0.5) is 11.4 Å². The van der Waals surface area contributed by atoms with Gasteiger partial charge < -0.3 is 22.6 Å². The number of aromatic hydroxyl groups is 2. The number of nitro benzene ring substituents is 2. The molecule has 1 aliphatic rings. The number of nitro groups is 2. The van der Waals surface area contributed by atoms with Gasteiger partial charge in [-0.1, -0.05) is 54.4 Å². The zero-order valence-electron chi connectivity index (χ0n) is 23.5. The molecule has 2 N–H and O–H groups in total. The number of non-ortho nitro benzene ring substituents is 2. The number of phenolic OH excluding ortho intramolecular Hbond substituents is 2. The van der Waals surface area contributed by atoms with Crippen molar-refractivity contribution in [3.8, 4) is 11.5 Å². The van der Waals surface area contributed by atoms with Gasteiger partial charge in [0.05, 0.1) is 21.9 Å². The molecule has 2 unspecified atom stereocenters. The molecule has 2 atom stereocenters. The molecule has 10 nitrogen and oxygen atoms in total. The van der Waals surface area contributed by atoms with Crippen molar-refractivity contribution in [2.24, 2.45) is 9.98 Å². The van der Waals surface area contributed by atoms with E-state index >= 15 is 0 Å². The zero-order chi connectivity index (χ0) is 28.4. The second-order valence-corrected chi connectivity index (χ2v) is 11.9. The van der Waals surface area contributed by atoms with E-state index in [0.29, 0.717) is 11.1 Å². The Labute approximate surface area is 251 Å². The molecule has 0 bridgehead atoms. The Bertz CT molecular complexity index is 1200. The summed E-state index contributed by atoms with van der Waals surface area (Å²) in [6.45, 7) is 11.2. The van der Waals surface area contributed by atoms with Crippen molar-refractivity contribution in [2.45, 2.75) is 90.1 Å². The van der Waals surface area contributed by atoms with E-state index in [-0.39, 0.29) is 75.6 Å². The van der Waals surface area contributed by atoms with Crippen molar-refractivity contribution >= 4 is 23.8 Å². The molecular weight excluding hydrogens is 579 g/mol. The van der Waals surface area contributed by atoms with Crippen LogP contribution < -0.4 is 12.4 Å². The maximum absolute atomic E-state index is 11.5. The van der Waals surface area contributed by atoms with Crippen LogP contribution in [-0.2, 0) is 27.9 Å². The molecule has 12 heteroatoms. The molecule has 1 aliphatic carbocycles. The van der Waals surface area contributed by atoms with Gasteiger partial charge in [-0.25, -0.2) is 0 Å². The van der Waals surface area contributed by atoms with Crippen molar-refractivity contribution in [2.75, 3.05) is 0 Å². The van der Waals surface area contributed by atoms with Crippen LogP contribution in [0, 0.1) is 20.2 Å². The normalized spacial score (nSPS) is 17.9. The minimum atomic E-state index is -0.511. The number of hydrogen-bond acceptors (Lipinski definition) is 8. The molecule has 0 amide bonds. The van der Waals surface area contributed by atoms with Crippen LogP contribution in [0.1, 0.15) is 89.5 Å². The molecule has 40 heavy (non-hydrogen) atoms. The van der Waals surface area contributed by atoms with Gasteiger partial charge in [-0.3, -0.25) is 30.2 Å². The first-order valence-electron chi connectivity index (χ1n) is 12.7. The average molecular weight is 615 g/mol. The average Bonchev–Trinajstić information content (AvgIpc) is 2.81. The van der Waals surface area contributed by atoms with Crippen molar-refractivity contribution < 1.29 is 49.5 Å². The second kappa shape index (κ2) is 13.6. The largest absolute Gasteiger partial charge is 1.00 e. The predicted molar refractivity (Wildman–Crippen MR) is 148 cm³/mol. The fourth-order valence-corrected chi connectivity index (χ4v) is 4.62. The van der Waals surface area contributed by atoms with E-state index in [1.165, 1.54) is 36.7 Å². The van der Waals surface area contributed by atoms with E-state index in [0.717, 1.165) is 25.7 Å². The van der Waals surface area contributed by atoms with Gasteiger partial charge in [0.1, 0.15) is 11.5 Å². The summed E-state index contributed by atoms with van der Waals surface area (Å²) < 4.78 is 0. The van der Waals surface area contributed by atoms with Gasteiger partial charge in [-0.15, -0.1) is 0 Å². The molecular formula is C28H36ClMnN4O6-. The summed E-state index contributed by atoms with van der Waals surface area (Å²) in [7, 11) is 0. The van der Waals surface area contributed by atoms with E-state index in [9.17, 15) is 30.4 Å². The molecule has 1 radical (unpaired) electrons. The van der Waals surface area contributed by atoms with Gasteiger partial charge in [-0.2, -0.15) is 0 Å². The number of nitrogens with zero attached hydrogens (tertiary/aromatic N) is 4. The fraction of sp³-hybridized carbons (Fsp3) is 0.500. The van der Waals surface area contributed by atoms with Gasteiger partial charge in [0.25, 0.3) is 11.4 Å².